The van der Waals surface area contributed by atoms with Crippen LogP contribution in [0.1, 0.15) is 10.4 Å². The minimum absolute atomic E-state index is 0.185. The van der Waals surface area contributed by atoms with Crippen molar-refractivity contribution in [1.29, 1.82) is 0 Å². The summed E-state index contributed by atoms with van der Waals surface area (Å²) in [5.74, 6) is -2.46. The monoisotopic (exact) mass is 249 g/mol. The average molecular weight is 249 g/mol. The van der Waals surface area contributed by atoms with Gasteiger partial charge in [0.05, 0.1) is 11.3 Å². The molecule has 5 heteroatoms. The lowest BCUT2D eigenvalue weighted by Crippen LogP contribution is -2.04. The molecular formula is C13H9F2NO2. The number of nitrogens with one attached hydrogen (secondary N) is 1. The van der Waals surface area contributed by atoms with E-state index < -0.39 is 17.6 Å². The third-order valence-electron chi connectivity index (χ3n) is 2.34. The maximum Gasteiger partial charge on any atom is 0.337 e. The Balaban J connectivity index is 2.42. The van der Waals surface area contributed by atoms with Crippen molar-refractivity contribution in [3.63, 3.8) is 0 Å². The lowest BCUT2D eigenvalue weighted by Gasteiger charge is -2.10. The van der Waals surface area contributed by atoms with Crippen molar-refractivity contribution in [2.24, 2.45) is 0 Å². The Morgan fingerprint density at radius 3 is 2.50 bits per heavy atom. The molecule has 0 atom stereocenters. The van der Waals surface area contributed by atoms with Crippen LogP contribution in [0.2, 0.25) is 0 Å². The van der Waals surface area contributed by atoms with Crippen molar-refractivity contribution in [3.8, 4) is 0 Å². The SMILES string of the molecule is O=C(O)c1cccc(F)c1Nc1cccc(F)c1. The van der Waals surface area contributed by atoms with Gasteiger partial charge in [-0.25, -0.2) is 13.6 Å². The molecule has 92 valence electrons. The lowest BCUT2D eigenvalue weighted by atomic mass is 10.1. The molecule has 0 aliphatic rings. The van der Waals surface area contributed by atoms with Gasteiger partial charge in [0, 0.05) is 5.69 Å². The molecule has 0 aliphatic carbocycles. The number of hydrogen-bond donors (Lipinski definition) is 2. The predicted octanol–water partition coefficient (Wildman–Crippen LogP) is 3.41. The zero-order valence-electron chi connectivity index (χ0n) is 9.15. The van der Waals surface area contributed by atoms with Crippen molar-refractivity contribution in [2.75, 3.05) is 5.32 Å². The fourth-order valence-electron chi connectivity index (χ4n) is 1.54. The number of para-hydroxylation sites is 1. The summed E-state index contributed by atoms with van der Waals surface area (Å²) in [7, 11) is 0. The summed E-state index contributed by atoms with van der Waals surface area (Å²) in [4.78, 5) is 11.0. The first-order chi connectivity index (χ1) is 8.58. The first kappa shape index (κ1) is 12.0. The Hall–Kier alpha value is -2.43. The molecule has 2 aromatic carbocycles. The third-order valence-corrected chi connectivity index (χ3v) is 2.34. The van der Waals surface area contributed by atoms with Crippen molar-refractivity contribution < 1.29 is 18.7 Å². The number of carboxylic acid groups (broad SMARTS) is 1. The summed E-state index contributed by atoms with van der Waals surface area (Å²) in [6.07, 6.45) is 0. The normalized spacial score (nSPS) is 10.1. The van der Waals surface area contributed by atoms with E-state index in [2.05, 4.69) is 5.32 Å². The summed E-state index contributed by atoms with van der Waals surface area (Å²) >= 11 is 0. The topological polar surface area (TPSA) is 49.3 Å². The molecule has 0 spiro atoms. The summed E-state index contributed by atoms with van der Waals surface area (Å²) < 4.78 is 26.6. The van der Waals surface area contributed by atoms with E-state index in [1.54, 1.807) is 0 Å². The molecule has 0 saturated carbocycles. The lowest BCUT2D eigenvalue weighted by molar-refractivity contribution is 0.0697. The van der Waals surface area contributed by atoms with Gasteiger partial charge in [0.2, 0.25) is 0 Å². The number of carboxylic acids is 1. The zero-order chi connectivity index (χ0) is 13.1. The molecule has 0 unspecified atom stereocenters. The van der Waals surface area contributed by atoms with Gasteiger partial charge in [0.1, 0.15) is 11.6 Å². The number of halogens is 2. The Labute approximate surface area is 102 Å². The maximum absolute atomic E-state index is 13.6. The molecule has 2 aromatic rings. The van der Waals surface area contributed by atoms with E-state index in [9.17, 15) is 13.6 Å². The Morgan fingerprint density at radius 1 is 1.11 bits per heavy atom. The third kappa shape index (κ3) is 2.45. The smallest absolute Gasteiger partial charge is 0.337 e. The molecule has 0 aromatic heterocycles. The second-order valence-corrected chi connectivity index (χ2v) is 3.60. The molecular weight excluding hydrogens is 240 g/mol. The van der Waals surface area contributed by atoms with Gasteiger partial charge >= 0.3 is 5.97 Å². The number of carbonyl (C=O) groups is 1. The number of rotatable bonds is 3. The van der Waals surface area contributed by atoms with Gasteiger partial charge in [-0.05, 0) is 30.3 Å². The predicted molar refractivity (Wildman–Crippen MR) is 63.0 cm³/mol. The van der Waals surface area contributed by atoms with Gasteiger partial charge in [-0.2, -0.15) is 0 Å². The maximum atomic E-state index is 13.6. The fourth-order valence-corrected chi connectivity index (χ4v) is 1.54. The van der Waals surface area contributed by atoms with Crippen LogP contribution in [0.3, 0.4) is 0 Å². The minimum Gasteiger partial charge on any atom is -0.478 e. The molecule has 0 heterocycles. The van der Waals surface area contributed by atoms with Crippen LogP contribution in [-0.4, -0.2) is 11.1 Å². The molecule has 0 fully saturated rings. The highest BCUT2D eigenvalue weighted by Gasteiger charge is 2.14. The van der Waals surface area contributed by atoms with E-state index in [4.69, 9.17) is 5.11 Å². The summed E-state index contributed by atoms with van der Waals surface area (Å²) in [5.41, 5.74) is -0.113. The van der Waals surface area contributed by atoms with Crippen LogP contribution in [0.4, 0.5) is 20.2 Å². The van der Waals surface area contributed by atoms with Gasteiger partial charge in [-0.3, -0.25) is 0 Å². The van der Waals surface area contributed by atoms with Gasteiger partial charge in [-0.15, -0.1) is 0 Å². The van der Waals surface area contributed by atoms with Crippen LogP contribution < -0.4 is 5.32 Å². The molecule has 0 aliphatic heterocycles. The highest BCUT2D eigenvalue weighted by molar-refractivity contribution is 5.95. The first-order valence-corrected chi connectivity index (χ1v) is 5.12. The van der Waals surface area contributed by atoms with Crippen LogP contribution in [0.25, 0.3) is 0 Å². The highest BCUT2D eigenvalue weighted by Crippen LogP contribution is 2.24. The molecule has 2 N–H and O–H groups in total. The van der Waals surface area contributed by atoms with Crippen LogP contribution in [0.5, 0.6) is 0 Å². The molecule has 0 saturated heterocycles. The van der Waals surface area contributed by atoms with Crippen LogP contribution >= 0.6 is 0 Å². The van der Waals surface area contributed by atoms with Crippen LogP contribution in [-0.2, 0) is 0 Å². The van der Waals surface area contributed by atoms with Crippen molar-refractivity contribution in [2.45, 2.75) is 0 Å². The average Bonchev–Trinajstić information content (AvgIpc) is 2.31. The van der Waals surface area contributed by atoms with E-state index in [0.29, 0.717) is 0 Å². The molecule has 0 bridgehead atoms. The fraction of sp³-hybridized carbons (Fsp3) is 0. The number of aromatic carboxylic acids is 1. The van der Waals surface area contributed by atoms with Gasteiger partial charge in [-0.1, -0.05) is 12.1 Å². The standard InChI is InChI=1S/C13H9F2NO2/c14-8-3-1-4-9(7-8)16-12-10(13(17)18)5-2-6-11(12)15/h1-7,16H,(H,17,18). The number of benzene rings is 2. The van der Waals surface area contributed by atoms with E-state index in [0.717, 1.165) is 12.1 Å². The molecule has 2 rings (SSSR count). The Bertz CT molecular complexity index is 599. The summed E-state index contributed by atoms with van der Waals surface area (Å²) in [5, 5.41) is 11.5. The van der Waals surface area contributed by atoms with Gasteiger partial charge in [0.15, 0.2) is 0 Å². The van der Waals surface area contributed by atoms with Crippen molar-refractivity contribution >= 4 is 17.3 Å². The van der Waals surface area contributed by atoms with Gasteiger partial charge in [0.25, 0.3) is 0 Å². The second kappa shape index (κ2) is 4.83. The molecule has 3 nitrogen and oxygen atoms in total. The Kier molecular flexibility index (Phi) is 3.23. The summed E-state index contributed by atoms with van der Waals surface area (Å²) in [6, 6.07) is 9.06. The molecule has 18 heavy (non-hydrogen) atoms. The minimum atomic E-state index is -1.26. The summed E-state index contributed by atoms with van der Waals surface area (Å²) in [6.45, 7) is 0. The highest BCUT2D eigenvalue weighted by atomic mass is 19.1. The van der Waals surface area contributed by atoms with E-state index in [1.807, 2.05) is 0 Å². The van der Waals surface area contributed by atoms with E-state index in [1.165, 1.54) is 30.3 Å². The van der Waals surface area contributed by atoms with E-state index in [-0.39, 0.29) is 16.9 Å². The number of hydrogen-bond acceptors (Lipinski definition) is 2. The zero-order valence-corrected chi connectivity index (χ0v) is 9.15. The van der Waals surface area contributed by atoms with E-state index >= 15 is 0 Å². The second-order valence-electron chi connectivity index (χ2n) is 3.60. The first-order valence-electron chi connectivity index (χ1n) is 5.12. The molecule has 0 radical (unpaired) electrons. The largest absolute Gasteiger partial charge is 0.478 e. The van der Waals surface area contributed by atoms with Crippen LogP contribution in [0, 0.1) is 11.6 Å². The van der Waals surface area contributed by atoms with Crippen molar-refractivity contribution in [3.05, 3.63) is 59.7 Å². The Morgan fingerprint density at radius 2 is 1.83 bits per heavy atom. The van der Waals surface area contributed by atoms with Crippen LogP contribution in [0.15, 0.2) is 42.5 Å². The quantitative estimate of drug-likeness (QED) is 0.876. The van der Waals surface area contributed by atoms with Crippen molar-refractivity contribution in [1.82, 2.24) is 0 Å². The molecule has 0 amide bonds. The van der Waals surface area contributed by atoms with Gasteiger partial charge < -0.3 is 10.4 Å². The number of anilines is 2.